The first-order valence-electron chi connectivity index (χ1n) is 9.47. The number of hydrogen-bond donors (Lipinski definition) is 1. The van der Waals surface area contributed by atoms with Gasteiger partial charge in [0, 0.05) is 44.0 Å². The van der Waals surface area contributed by atoms with Crippen LogP contribution in [0.5, 0.6) is 0 Å². The second-order valence-electron chi connectivity index (χ2n) is 8.34. The van der Waals surface area contributed by atoms with Crippen molar-refractivity contribution in [3.05, 3.63) is 12.4 Å². The number of likely N-dealkylation sites (N-methyl/N-ethyl adjacent to an activating group) is 1. The van der Waals surface area contributed by atoms with Gasteiger partial charge in [0.15, 0.2) is 0 Å². The average Bonchev–Trinajstić information content (AvgIpc) is 3.09. The third-order valence-corrected chi connectivity index (χ3v) is 5.90. The molecule has 7 nitrogen and oxygen atoms in total. The lowest BCUT2D eigenvalue weighted by Gasteiger charge is -2.32. The van der Waals surface area contributed by atoms with E-state index in [0.717, 1.165) is 31.5 Å². The standard InChI is InChI=1S/C18H31BN4O3/c1-17(2)18(3,4)26-19(25-17)14-11-20-16(21-12-14)22(5)13-15-7-6-8-23(15)9-10-24/h11-12,15,24H,6-10,13H2,1-5H3/t15-/m0/s1. The molecule has 2 aliphatic heterocycles. The Balaban J connectivity index is 1.63. The molecule has 3 heterocycles. The number of nitrogens with zero attached hydrogens (tertiary/aromatic N) is 4. The van der Waals surface area contributed by atoms with Crippen LogP contribution in [-0.2, 0) is 9.31 Å². The molecule has 0 spiro atoms. The zero-order chi connectivity index (χ0) is 18.9. The van der Waals surface area contributed by atoms with Gasteiger partial charge in [0.05, 0.1) is 17.8 Å². The number of aliphatic hydroxyl groups is 1. The van der Waals surface area contributed by atoms with Crippen LogP contribution < -0.4 is 10.4 Å². The summed E-state index contributed by atoms with van der Waals surface area (Å²) >= 11 is 0. The van der Waals surface area contributed by atoms with E-state index in [1.165, 1.54) is 6.42 Å². The van der Waals surface area contributed by atoms with Crippen LogP contribution in [-0.4, -0.2) is 77.6 Å². The molecule has 0 saturated carbocycles. The Bertz CT molecular complexity index is 595. The van der Waals surface area contributed by atoms with E-state index in [2.05, 4.69) is 19.8 Å². The Morgan fingerprint density at radius 2 is 1.85 bits per heavy atom. The van der Waals surface area contributed by atoms with E-state index in [0.29, 0.717) is 12.0 Å². The Hall–Kier alpha value is -1.22. The fraction of sp³-hybridized carbons (Fsp3) is 0.778. The van der Waals surface area contributed by atoms with Crippen molar-refractivity contribution in [2.75, 3.05) is 38.2 Å². The minimum atomic E-state index is -0.436. The molecule has 1 aromatic heterocycles. The Morgan fingerprint density at radius 1 is 1.23 bits per heavy atom. The van der Waals surface area contributed by atoms with Gasteiger partial charge in [-0.25, -0.2) is 9.97 Å². The van der Waals surface area contributed by atoms with Gasteiger partial charge in [-0.1, -0.05) is 0 Å². The van der Waals surface area contributed by atoms with Crippen molar-refractivity contribution in [3.63, 3.8) is 0 Å². The Labute approximate surface area is 156 Å². The normalized spacial score (nSPS) is 25.0. The van der Waals surface area contributed by atoms with Crippen LogP contribution in [0.2, 0.25) is 0 Å². The largest absolute Gasteiger partial charge is 0.498 e. The van der Waals surface area contributed by atoms with E-state index < -0.39 is 7.12 Å². The molecule has 3 rings (SSSR count). The summed E-state index contributed by atoms with van der Waals surface area (Å²) in [4.78, 5) is 13.5. The molecule has 144 valence electrons. The van der Waals surface area contributed by atoms with Crippen molar-refractivity contribution in [1.29, 1.82) is 0 Å². The summed E-state index contributed by atoms with van der Waals surface area (Å²) in [6, 6.07) is 0.443. The molecule has 0 aliphatic carbocycles. The third-order valence-electron chi connectivity index (χ3n) is 5.90. The molecular weight excluding hydrogens is 331 g/mol. The van der Waals surface area contributed by atoms with Crippen molar-refractivity contribution >= 4 is 18.5 Å². The minimum absolute atomic E-state index is 0.208. The number of rotatable bonds is 6. The first-order chi connectivity index (χ1) is 12.2. The predicted octanol–water partition coefficient (Wildman–Crippen LogP) is 0.669. The lowest BCUT2D eigenvalue weighted by Crippen LogP contribution is -2.41. The second-order valence-corrected chi connectivity index (χ2v) is 8.34. The maximum Gasteiger partial charge on any atom is 0.498 e. The van der Waals surface area contributed by atoms with Gasteiger partial charge in [0.2, 0.25) is 5.95 Å². The zero-order valence-corrected chi connectivity index (χ0v) is 16.6. The highest BCUT2D eigenvalue weighted by atomic mass is 16.7. The average molecular weight is 362 g/mol. The fourth-order valence-electron chi connectivity index (χ4n) is 3.55. The molecule has 2 fully saturated rings. The zero-order valence-electron chi connectivity index (χ0n) is 16.6. The first kappa shape index (κ1) is 19.5. The number of aliphatic hydroxyl groups excluding tert-OH is 1. The van der Waals surface area contributed by atoms with Gasteiger partial charge in [-0.3, -0.25) is 4.90 Å². The highest BCUT2D eigenvalue weighted by Gasteiger charge is 2.52. The molecular formula is C18H31BN4O3. The quantitative estimate of drug-likeness (QED) is 0.746. The van der Waals surface area contributed by atoms with Crippen LogP contribution in [0.25, 0.3) is 0 Å². The molecule has 8 heteroatoms. The first-order valence-corrected chi connectivity index (χ1v) is 9.47. The molecule has 2 aliphatic rings. The molecule has 26 heavy (non-hydrogen) atoms. The maximum atomic E-state index is 9.20. The van der Waals surface area contributed by atoms with E-state index in [1.54, 1.807) is 12.4 Å². The monoisotopic (exact) mass is 362 g/mol. The SMILES string of the molecule is CN(C[C@@H]1CCCN1CCO)c1ncc(B2OC(C)(C)C(C)(C)O2)cn1. The van der Waals surface area contributed by atoms with Crippen molar-refractivity contribution in [2.24, 2.45) is 0 Å². The van der Waals surface area contributed by atoms with Gasteiger partial charge in [0.25, 0.3) is 0 Å². The van der Waals surface area contributed by atoms with Gasteiger partial charge in [-0.15, -0.1) is 0 Å². The number of β-amino-alcohol motifs (C(OH)–C–C–N with tert-alkyl or cyclic N) is 1. The number of hydrogen-bond acceptors (Lipinski definition) is 7. The molecule has 1 atom stereocenters. The van der Waals surface area contributed by atoms with E-state index in [-0.39, 0.29) is 17.8 Å². The van der Waals surface area contributed by atoms with Crippen molar-refractivity contribution in [2.45, 2.75) is 57.8 Å². The number of aromatic nitrogens is 2. The summed E-state index contributed by atoms with van der Waals surface area (Å²) in [5.41, 5.74) is 0.0981. The highest BCUT2D eigenvalue weighted by Crippen LogP contribution is 2.36. The van der Waals surface area contributed by atoms with Gasteiger partial charge in [0.1, 0.15) is 0 Å². The van der Waals surface area contributed by atoms with Crippen LogP contribution in [0.4, 0.5) is 5.95 Å². The molecule has 1 N–H and O–H groups in total. The van der Waals surface area contributed by atoms with Gasteiger partial charge in [-0.2, -0.15) is 0 Å². The van der Waals surface area contributed by atoms with Gasteiger partial charge >= 0.3 is 7.12 Å². The summed E-state index contributed by atoms with van der Waals surface area (Å²) in [7, 11) is 1.58. The molecule has 1 aromatic rings. The van der Waals surface area contributed by atoms with E-state index in [1.807, 2.05) is 34.7 Å². The van der Waals surface area contributed by atoms with E-state index in [4.69, 9.17) is 9.31 Å². The highest BCUT2D eigenvalue weighted by molar-refractivity contribution is 6.61. The van der Waals surface area contributed by atoms with Gasteiger partial charge < -0.3 is 19.3 Å². The van der Waals surface area contributed by atoms with Crippen LogP contribution in [0, 0.1) is 0 Å². The second kappa shape index (κ2) is 7.42. The van der Waals surface area contributed by atoms with Crippen LogP contribution in [0.15, 0.2) is 12.4 Å². The number of likely N-dealkylation sites (tertiary alicyclic amines) is 1. The topological polar surface area (TPSA) is 71.0 Å². The molecule has 2 saturated heterocycles. The molecule has 0 aromatic carbocycles. The lowest BCUT2D eigenvalue weighted by atomic mass is 9.81. The molecule has 0 unspecified atom stereocenters. The summed E-state index contributed by atoms with van der Waals surface area (Å²) in [5, 5.41) is 9.20. The van der Waals surface area contributed by atoms with E-state index >= 15 is 0 Å². The van der Waals surface area contributed by atoms with E-state index in [9.17, 15) is 5.11 Å². The molecule has 0 amide bonds. The summed E-state index contributed by atoms with van der Waals surface area (Å²) < 4.78 is 12.1. The third kappa shape index (κ3) is 3.88. The molecule has 0 radical (unpaired) electrons. The fourth-order valence-corrected chi connectivity index (χ4v) is 3.55. The summed E-state index contributed by atoms with van der Waals surface area (Å²) in [5.74, 6) is 0.695. The molecule has 0 bridgehead atoms. The lowest BCUT2D eigenvalue weighted by molar-refractivity contribution is 0.00578. The number of anilines is 1. The van der Waals surface area contributed by atoms with Crippen molar-refractivity contribution < 1.29 is 14.4 Å². The Kier molecular flexibility index (Phi) is 5.58. The van der Waals surface area contributed by atoms with Crippen LogP contribution in [0.3, 0.4) is 0 Å². The summed E-state index contributed by atoms with van der Waals surface area (Å²) in [6.07, 6.45) is 5.92. The Morgan fingerprint density at radius 3 is 2.42 bits per heavy atom. The minimum Gasteiger partial charge on any atom is -0.399 e. The smallest absolute Gasteiger partial charge is 0.399 e. The van der Waals surface area contributed by atoms with Crippen molar-refractivity contribution in [1.82, 2.24) is 14.9 Å². The van der Waals surface area contributed by atoms with Gasteiger partial charge in [-0.05, 0) is 47.1 Å². The van der Waals surface area contributed by atoms with Crippen LogP contribution >= 0.6 is 0 Å². The summed E-state index contributed by atoms with van der Waals surface area (Å²) in [6.45, 7) is 11.0. The van der Waals surface area contributed by atoms with Crippen LogP contribution in [0.1, 0.15) is 40.5 Å². The van der Waals surface area contributed by atoms with Crippen molar-refractivity contribution in [3.8, 4) is 0 Å². The maximum absolute atomic E-state index is 9.20. The predicted molar refractivity (Wildman–Crippen MR) is 103 cm³/mol.